The first kappa shape index (κ1) is 25.4. The lowest BCUT2D eigenvalue weighted by atomic mass is 10.0. The molecule has 172 valence electrons. The van der Waals surface area contributed by atoms with Gasteiger partial charge in [-0.15, -0.1) is 0 Å². The lowest BCUT2D eigenvalue weighted by Crippen LogP contribution is -1.98. The summed E-state index contributed by atoms with van der Waals surface area (Å²) in [6, 6.07) is 9.14. The van der Waals surface area contributed by atoms with E-state index < -0.39 is 0 Å². The van der Waals surface area contributed by atoms with Crippen LogP contribution in [0.5, 0.6) is 5.75 Å². The monoisotopic (exact) mass is 427 g/mol. The smallest absolute Gasteiger partial charge is 0.136 e. The van der Waals surface area contributed by atoms with Gasteiger partial charge in [-0.1, -0.05) is 90.5 Å². The molecule has 0 atom stereocenters. The van der Waals surface area contributed by atoms with Crippen molar-refractivity contribution >= 4 is 0 Å². The quantitative estimate of drug-likeness (QED) is 0.235. The van der Waals surface area contributed by atoms with E-state index in [1.807, 2.05) is 18.3 Å². The number of aryl methyl sites for hydroxylation is 1. The van der Waals surface area contributed by atoms with Crippen LogP contribution in [-0.4, -0.2) is 11.6 Å². The Morgan fingerprint density at radius 3 is 2.00 bits per heavy atom. The predicted octanol–water partition coefficient (Wildman–Crippen LogP) is 8.92. The van der Waals surface area contributed by atoms with Crippen molar-refractivity contribution in [1.29, 1.82) is 0 Å². The van der Waals surface area contributed by atoms with Crippen molar-refractivity contribution in [3.8, 4) is 17.0 Å². The van der Waals surface area contributed by atoms with Crippen LogP contribution < -0.4 is 4.74 Å². The summed E-state index contributed by atoms with van der Waals surface area (Å²) in [7, 11) is 0. The average Bonchev–Trinajstić information content (AvgIpc) is 2.78. The Balaban J connectivity index is 1.73. The maximum absolute atomic E-state index is 14.6. The highest BCUT2D eigenvalue weighted by Crippen LogP contribution is 2.25. The summed E-state index contributed by atoms with van der Waals surface area (Å²) in [6.45, 7) is 5.13. The molecule has 31 heavy (non-hydrogen) atoms. The third-order valence-electron chi connectivity index (χ3n) is 5.88. The molecule has 0 amide bonds. The molecule has 0 fully saturated rings. The normalized spacial score (nSPS) is 11.1. The summed E-state index contributed by atoms with van der Waals surface area (Å²) in [5, 5.41) is 0. The van der Waals surface area contributed by atoms with Crippen molar-refractivity contribution in [2.24, 2.45) is 0 Å². The van der Waals surface area contributed by atoms with Crippen molar-refractivity contribution in [3.63, 3.8) is 0 Å². The van der Waals surface area contributed by atoms with E-state index in [2.05, 4.69) is 24.9 Å². The fourth-order valence-corrected chi connectivity index (χ4v) is 3.88. The fraction of sp³-hybridized carbons (Fsp3) is 0.607. The van der Waals surface area contributed by atoms with E-state index in [1.54, 1.807) is 6.07 Å². The summed E-state index contributed by atoms with van der Waals surface area (Å²) in [4.78, 5) is 4.50. The number of unbranched alkanes of at least 4 members (excludes halogenated alkanes) is 11. The molecule has 0 aliphatic carbocycles. The second-order valence-electron chi connectivity index (χ2n) is 8.68. The first-order chi connectivity index (χ1) is 15.2. The summed E-state index contributed by atoms with van der Waals surface area (Å²) < 4.78 is 20.4. The highest BCUT2D eigenvalue weighted by Gasteiger charge is 2.08. The van der Waals surface area contributed by atoms with E-state index in [1.165, 1.54) is 88.7 Å². The minimum absolute atomic E-state index is 0.270. The highest BCUT2D eigenvalue weighted by molar-refractivity contribution is 5.61. The largest absolute Gasteiger partial charge is 0.493 e. The van der Waals surface area contributed by atoms with Crippen molar-refractivity contribution in [2.45, 2.75) is 104 Å². The van der Waals surface area contributed by atoms with Crippen molar-refractivity contribution in [1.82, 2.24) is 4.98 Å². The lowest BCUT2D eigenvalue weighted by molar-refractivity contribution is 0.303. The zero-order valence-electron chi connectivity index (χ0n) is 19.8. The Hall–Kier alpha value is -1.90. The zero-order valence-corrected chi connectivity index (χ0v) is 19.8. The summed E-state index contributed by atoms with van der Waals surface area (Å²) in [5.74, 6) is 0.333. The molecule has 1 aromatic carbocycles. The molecule has 0 bridgehead atoms. The molecule has 1 aromatic heterocycles. The number of hydrogen-bond donors (Lipinski definition) is 0. The Kier molecular flexibility index (Phi) is 13.0. The molecular weight excluding hydrogens is 385 g/mol. The topological polar surface area (TPSA) is 22.1 Å². The van der Waals surface area contributed by atoms with Crippen LogP contribution in [0.3, 0.4) is 0 Å². The molecule has 0 aliphatic rings. The van der Waals surface area contributed by atoms with Gasteiger partial charge in [0, 0.05) is 17.8 Å². The average molecular weight is 428 g/mol. The van der Waals surface area contributed by atoms with Gasteiger partial charge in [-0.05, 0) is 43.0 Å². The molecular formula is C28H42FNO. The molecule has 0 saturated heterocycles. The standard InChI is InChI=1S/C28H42FNO/c1-3-5-7-9-11-13-15-21-31-25-18-19-26(27(29)22-25)28-20-17-24(23-30-28)16-14-12-10-8-6-4-2/h17-20,22-23H,3-16,21H2,1-2H3. The Bertz CT molecular complexity index is 713. The molecule has 0 unspecified atom stereocenters. The molecule has 0 aliphatic heterocycles. The third kappa shape index (κ3) is 10.3. The summed E-state index contributed by atoms with van der Waals surface area (Å²) in [5.41, 5.74) is 2.45. The molecule has 0 saturated carbocycles. The van der Waals surface area contributed by atoms with E-state index >= 15 is 0 Å². The maximum atomic E-state index is 14.6. The minimum atomic E-state index is -0.270. The van der Waals surface area contributed by atoms with E-state index in [9.17, 15) is 4.39 Å². The van der Waals surface area contributed by atoms with Crippen LogP contribution in [-0.2, 0) is 6.42 Å². The van der Waals surface area contributed by atoms with E-state index in [4.69, 9.17) is 4.74 Å². The van der Waals surface area contributed by atoms with Gasteiger partial charge in [-0.2, -0.15) is 0 Å². The fourth-order valence-electron chi connectivity index (χ4n) is 3.88. The number of pyridine rings is 1. The highest BCUT2D eigenvalue weighted by atomic mass is 19.1. The number of rotatable bonds is 17. The van der Waals surface area contributed by atoms with Gasteiger partial charge in [0.2, 0.25) is 0 Å². The number of ether oxygens (including phenoxy) is 1. The van der Waals surface area contributed by atoms with Crippen molar-refractivity contribution in [2.75, 3.05) is 6.61 Å². The van der Waals surface area contributed by atoms with E-state index in [-0.39, 0.29) is 5.82 Å². The number of benzene rings is 1. The minimum Gasteiger partial charge on any atom is -0.493 e. The van der Waals surface area contributed by atoms with E-state index in [0.29, 0.717) is 23.6 Å². The van der Waals surface area contributed by atoms with Crippen molar-refractivity contribution in [3.05, 3.63) is 47.9 Å². The lowest BCUT2D eigenvalue weighted by Gasteiger charge is -2.09. The van der Waals surface area contributed by atoms with E-state index in [0.717, 1.165) is 12.8 Å². The van der Waals surface area contributed by atoms with Gasteiger partial charge < -0.3 is 4.74 Å². The van der Waals surface area contributed by atoms with Gasteiger partial charge in [-0.25, -0.2) is 4.39 Å². The number of nitrogens with zero attached hydrogens (tertiary/aromatic N) is 1. The number of hydrogen-bond acceptors (Lipinski definition) is 2. The SMILES string of the molecule is CCCCCCCCCOc1ccc(-c2ccc(CCCCCCCC)cn2)c(F)c1. The van der Waals surface area contributed by atoms with Gasteiger partial charge in [0.1, 0.15) is 11.6 Å². The second-order valence-corrected chi connectivity index (χ2v) is 8.68. The van der Waals surface area contributed by atoms with Crippen LogP contribution in [0.4, 0.5) is 4.39 Å². The molecule has 2 rings (SSSR count). The van der Waals surface area contributed by atoms with Gasteiger partial charge in [0.25, 0.3) is 0 Å². The molecule has 0 radical (unpaired) electrons. The van der Waals surface area contributed by atoms with Gasteiger partial charge in [0.05, 0.1) is 12.3 Å². The Morgan fingerprint density at radius 1 is 0.742 bits per heavy atom. The first-order valence-corrected chi connectivity index (χ1v) is 12.6. The predicted molar refractivity (Wildman–Crippen MR) is 130 cm³/mol. The van der Waals surface area contributed by atoms with Crippen LogP contribution >= 0.6 is 0 Å². The van der Waals surface area contributed by atoms with Crippen LogP contribution in [0.2, 0.25) is 0 Å². The van der Waals surface area contributed by atoms with Gasteiger partial charge in [-0.3, -0.25) is 4.98 Å². The van der Waals surface area contributed by atoms with Crippen LogP contribution in [0.15, 0.2) is 36.5 Å². The first-order valence-electron chi connectivity index (χ1n) is 12.6. The maximum Gasteiger partial charge on any atom is 0.136 e. The zero-order chi connectivity index (χ0) is 22.2. The van der Waals surface area contributed by atoms with Gasteiger partial charge >= 0.3 is 0 Å². The molecule has 0 N–H and O–H groups in total. The summed E-state index contributed by atoms with van der Waals surface area (Å²) in [6.07, 6.45) is 19.4. The Labute approximate surface area is 189 Å². The second kappa shape index (κ2) is 15.8. The molecule has 0 spiro atoms. The van der Waals surface area contributed by atoms with Gasteiger partial charge in [0.15, 0.2) is 0 Å². The molecule has 2 aromatic rings. The number of halogens is 1. The van der Waals surface area contributed by atoms with Crippen LogP contribution in [0, 0.1) is 5.82 Å². The molecule has 3 heteroatoms. The van der Waals surface area contributed by atoms with Crippen molar-refractivity contribution < 1.29 is 9.13 Å². The third-order valence-corrected chi connectivity index (χ3v) is 5.88. The number of aromatic nitrogens is 1. The van der Waals surface area contributed by atoms with Crippen LogP contribution in [0.25, 0.3) is 11.3 Å². The molecule has 1 heterocycles. The van der Waals surface area contributed by atoms with Crippen LogP contribution in [0.1, 0.15) is 103 Å². The molecule has 2 nitrogen and oxygen atoms in total. The summed E-state index contributed by atoms with van der Waals surface area (Å²) >= 11 is 0. The Morgan fingerprint density at radius 2 is 1.39 bits per heavy atom.